The van der Waals surface area contributed by atoms with Crippen LogP contribution in [0, 0.1) is 0 Å². The number of carbonyl (C=O) groups excluding carboxylic acids is 1. The summed E-state index contributed by atoms with van der Waals surface area (Å²) in [6.07, 6.45) is 2.33. The largest absolute Gasteiger partial charge is 0.481 e. The molecule has 6 heteroatoms. The Hall–Kier alpha value is -1.56. The van der Waals surface area contributed by atoms with E-state index in [2.05, 4.69) is 21.2 Å². The zero-order valence-electron chi connectivity index (χ0n) is 10.3. The van der Waals surface area contributed by atoms with Crippen LogP contribution < -0.4 is 11.1 Å². The maximum atomic E-state index is 12.1. The molecule has 0 aromatic heterocycles. The minimum Gasteiger partial charge on any atom is -0.481 e. The lowest BCUT2D eigenvalue weighted by Gasteiger charge is -2.41. The first kappa shape index (κ1) is 13.9. The summed E-state index contributed by atoms with van der Waals surface area (Å²) in [6, 6.07) is 4.91. The predicted octanol–water partition coefficient (Wildman–Crippen LogP) is 2.16. The Kier molecular flexibility index (Phi) is 3.80. The molecule has 1 amide bonds. The van der Waals surface area contributed by atoms with Crippen molar-refractivity contribution in [2.24, 2.45) is 0 Å². The normalized spacial score (nSPS) is 16.5. The van der Waals surface area contributed by atoms with E-state index in [1.165, 1.54) is 0 Å². The number of nitrogens with one attached hydrogen (secondary N) is 1. The van der Waals surface area contributed by atoms with Crippen molar-refractivity contribution in [3.63, 3.8) is 0 Å². The van der Waals surface area contributed by atoms with Crippen LogP contribution in [0.15, 0.2) is 22.7 Å². The standard InChI is InChI=1S/C13H15BrN2O3/c14-9-6-8(2-3-10(9)15)12(19)16-13(4-1-5-13)7-11(17)18/h2-3,6H,1,4-5,7,15H2,(H,16,19)(H,17,18). The molecule has 102 valence electrons. The van der Waals surface area contributed by atoms with Crippen molar-refractivity contribution in [1.29, 1.82) is 0 Å². The number of carbonyl (C=O) groups is 2. The number of benzene rings is 1. The number of amides is 1. The lowest BCUT2D eigenvalue weighted by atomic mass is 9.74. The van der Waals surface area contributed by atoms with E-state index < -0.39 is 11.5 Å². The number of carboxylic acids is 1. The van der Waals surface area contributed by atoms with Crippen LogP contribution in [0.25, 0.3) is 0 Å². The highest BCUT2D eigenvalue weighted by atomic mass is 79.9. The third-order valence-corrected chi connectivity index (χ3v) is 4.13. The Bertz CT molecular complexity index is 527. The Labute approximate surface area is 119 Å². The molecule has 0 bridgehead atoms. The fourth-order valence-corrected chi connectivity index (χ4v) is 2.60. The van der Waals surface area contributed by atoms with Crippen molar-refractivity contribution in [2.45, 2.75) is 31.2 Å². The van der Waals surface area contributed by atoms with E-state index in [0.717, 1.165) is 6.42 Å². The highest BCUT2D eigenvalue weighted by Gasteiger charge is 2.40. The van der Waals surface area contributed by atoms with Gasteiger partial charge in [0.05, 0.1) is 12.0 Å². The van der Waals surface area contributed by atoms with E-state index in [0.29, 0.717) is 28.6 Å². The average Bonchev–Trinajstić information content (AvgIpc) is 2.29. The number of hydrogen-bond donors (Lipinski definition) is 3. The van der Waals surface area contributed by atoms with Crippen LogP contribution in [0.2, 0.25) is 0 Å². The zero-order chi connectivity index (χ0) is 14.0. The van der Waals surface area contributed by atoms with E-state index in [9.17, 15) is 9.59 Å². The molecular formula is C13H15BrN2O3. The molecule has 0 aliphatic heterocycles. The van der Waals surface area contributed by atoms with Gasteiger partial charge in [-0.25, -0.2) is 0 Å². The van der Waals surface area contributed by atoms with Gasteiger partial charge >= 0.3 is 5.97 Å². The highest BCUT2D eigenvalue weighted by Crippen LogP contribution is 2.35. The molecule has 19 heavy (non-hydrogen) atoms. The second-order valence-electron chi connectivity index (χ2n) is 4.89. The first-order chi connectivity index (χ1) is 8.92. The van der Waals surface area contributed by atoms with Gasteiger partial charge < -0.3 is 16.2 Å². The molecule has 5 nitrogen and oxygen atoms in total. The van der Waals surface area contributed by atoms with Crippen molar-refractivity contribution < 1.29 is 14.7 Å². The summed E-state index contributed by atoms with van der Waals surface area (Å²) in [7, 11) is 0. The molecule has 0 heterocycles. The van der Waals surface area contributed by atoms with Gasteiger partial charge in [0.15, 0.2) is 0 Å². The van der Waals surface area contributed by atoms with Crippen LogP contribution in [-0.4, -0.2) is 22.5 Å². The van der Waals surface area contributed by atoms with Gasteiger partial charge in [0.25, 0.3) is 5.91 Å². The number of nitrogen functional groups attached to an aromatic ring is 1. The van der Waals surface area contributed by atoms with Gasteiger partial charge in [-0.05, 0) is 53.4 Å². The van der Waals surface area contributed by atoms with Crippen LogP contribution in [-0.2, 0) is 4.79 Å². The predicted molar refractivity (Wildman–Crippen MR) is 74.9 cm³/mol. The maximum Gasteiger partial charge on any atom is 0.305 e. The van der Waals surface area contributed by atoms with E-state index in [4.69, 9.17) is 10.8 Å². The first-order valence-electron chi connectivity index (χ1n) is 6.01. The van der Waals surface area contributed by atoms with Crippen molar-refractivity contribution in [3.05, 3.63) is 28.2 Å². The third kappa shape index (κ3) is 3.07. The second-order valence-corrected chi connectivity index (χ2v) is 5.75. The molecule has 0 spiro atoms. The highest BCUT2D eigenvalue weighted by molar-refractivity contribution is 9.10. The number of anilines is 1. The lowest BCUT2D eigenvalue weighted by molar-refractivity contribution is -0.139. The van der Waals surface area contributed by atoms with Crippen LogP contribution in [0.3, 0.4) is 0 Å². The number of aliphatic carboxylic acids is 1. The Morgan fingerprint density at radius 2 is 2.11 bits per heavy atom. The van der Waals surface area contributed by atoms with Crippen LogP contribution in [0.1, 0.15) is 36.0 Å². The molecule has 1 aliphatic rings. The van der Waals surface area contributed by atoms with Gasteiger partial charge in [-0.1, -0.05) is 0 Å². The van der Waals surface area contributed by atoms with E-state index in [1.807, 2.05) is 0 Å². The second kappa shape index (κ2) is 5.21. The Balaban J connectivity index is 2.11. The first-order valence-corrected chi connectivity index (χ1v) is 6.80. The molecule has 1 aromatic carbocycles. The molecule has 2 rings (SSSR count). The summed E-state index contributed by atoms with van der Waals surface area (Å²) < 4.78 is 0.654. The molecule has 1 aromatic rings. The van der Waals surface area contributed by atoms with Crippen molar-refractivity contribution in [3.8, 4) is 0 Å². The summed E-state index contributed by atoms with van der Waals surface area (Å²) in [5.41, 5.74) is 6.10. The van der Waals surface area contributed by atoms with Gasteiger partial charge in [-0.3, -0.25) is 9.59 Å². The van der Waals surface area contributed by atoms with E-state index >= 15 is 0 Å². The Morgan fingerprint density at radius 1 is 1.42 bits per heavy atom. The van der Waals surface area contributed by atoms with Crippen LogP contribution in [0.4, 0.5) is 5.69 Å². The number of rotatable bonds is 4. The molecular weight excluding hydrogens is 312 g/mol. The number of hydrogen-bond acceptors (Lipinski definition) is 3. The summed E-state index contributed by atoms with van der Waals surface area (Å²) in [4.78, 5) is 23.0. The molecule has 4 N–H and O–H groups in total. The summed E-state index contributed by atoms with van der Waals surface area (Å²) in [5.74, 6) is -1.15. The Morgan fingerprint density at radius 3 is 2.58 bits per heavy atom. The number of halogens is 1. The molecule has 0 atom stereocenters. The topological polar surface area (TPSA) is 92.4 Å². The lowest BCUT2D eigenvalue weighted by Crippen LogP contribution is -2.54. The molecule has 0 unspecified atom stereocenters. The molecule has 1 fully saturated rings. The SMILES string of the molecule is Nc1ccc(C(=O)NC2(CC(=O)O)CCC2)cc1Br. The number of carboxylic acid groups (broad SMARTS) is 1. The van der Waals surface area contributed by atoms with E-state index in [1.54, 1.807) is 18.2 Å². The van der Waals surface area contributed by atoms with Gasteiger partial charge in [-0.2, -0.15) is 0 Å². The van der Waals surface area contributed by atoms with Crippen LogP contribution >= 0.6 is 15.9 Å². The van der Waals surface area contributed by atoms with Gasteiger partial charge in [0.1, 0.15) is 0 Å². The minimum absolute atomic E-state index is 0.0329. The van der Waals surface area contributed by atoms with Crippen molar-refractivity contribution in [1.82, 2.24) is 5.32 Å². The third-order valence-electron chi connectivity index (χ3n) is 3.44. The summed E-state index contributed by atoms with van der Waals surface area (Å²) >= 11 is 3.27. The smallest absolute Gasteiger partial charge is 0.305 e. The van der Waals surface area contributed by atoms with Gasteiger partial charge in [-0.15, -0.1) is 0 Å². The molecule has 1 saturated carbocycles. The molecule has 1 aliphatic carbocycles. The summed E-state index contributed by atoms with van der Waals surface area (Å²) in [6.45, 7) is 0. The monoisotopic (exact) mass is 326 g/mol. The minimum atomic E-state index is -0.890. The van der Waals surface area contributed by atoms with E-state index in [-0.39, 0.29) is 12.3 Å². The zero-order valence-corrected chi connectivity index (χ0v) is 11.9. The number of nitrogens with two attached hydrogens (primary N) is 1. The van der Waals surface area contributed by atoms with Crippen molar-refractivity contribution >= 4 is 33.5 Å². The molecule has 0 saturated heterocycles. The van der Waals surface area contributed by atoms with Gasteiger partial charge in [0.2, 0.25) is 0 Å². The van der Waals surface area contributed by atoms with Gasteiger partial charge in [0, 0.05) is 15.7 Å². The quantitative estimate of drug-likeness (QED) is 0.739. The molecule has 0 radical (unpaired) electrons. The fourth-order valence-electron chi connectivity index (χ4n) is 2.22. The average molecular weight is 327 g/mol. The van der Waals surface area contributed by atoms with Crippen LogP contribution in [0.5, 0.6) is 0 Å². The van der Waals surface area contributed by atoms with Crippen molar-refractivity contribution in [2.75, 3.05) is 5.73 Å². The summed E-state index contributed by atoms with van der Waals surface area (Å²) in [5, 5.41) is 11.7. The maximum absolute atomic E-state index is 12.1. The fraction of sp³-hybridized carbons (Fsp3) is 0.385.